The van der Waals surface area contributed by atoms with Gasteiger partial charge in [-0.15, -0.1) is 0 Å². The number of hydrogen-bond acceptors (Lipinski definition) is 5. The van der Waals surface area contributed by atoms with Crippen molar-refractivity contribution in [3.05, 3.63) is 64.6 Å². The number of rotatable bonds is 3. The van der Waals surface area contributed by atoms with Gasteiger partial charge in [-0.3, -0.25) is 9.59 Å². The summed E-state index contributed by atoms with van der Waals surface area (Å²) in [4.78, 5) is 31.0. The zero-order chi connectivity index (χ0) is 22.2. The van der Waals surface area contributed by atoms with Crippen molar-refractivity contribution >= 4 is 40.4 Å². The Bertz CT molecular complexity index is 1030. The van der Waals surface area contributed by atoms with E-state index in [1.807, 2.05) is 24.3 Å². The Hall–Kier alpha value is -2.78. The van der Waals surface area contributed by atoms with Crippen molar-refractivity contribution in [3.63, 3.8) is 0 Å². The quantitative estimate of drug-likeness (QED) is 0.639. The molecule has 0 unspecified atom stereocenters. The van der Waals surface area contributed by atoms with E-state index in [0.29, 0.717) is 0 Å². The van der Waals surface area contributed by atoms with Gasteiger partial charge in [0.1, 0.15) is 0 Å². The number of alkyl halides is 3. The number of para-hydroxylation sites is 1. The van der Waals surface area contributed by atoms with Gasteiger partial charge in [0.2, 0.25) is 0 Å². The lowest BCUT2D eigenvalue weighted by Gasteiger charge is -2.34. The standard InChI is InChI=1S/C22H20F3N3O2S/c1-26-10-12-27(13-11-26)18-5-3-2-4-15(18)14-19-20(29)28(21(30)31-19)17-8-6-16(7-9-17)22(23,24)25/h2-9,14H,10-13H2,1H3. The number of imide groups is 1. The molecule has 9 heteroatoms. The minimum atomic E-state index is -4.48. The summed E-state index contributed by atoms with van der Waals surface area (Å²) >= 11 is 0.787. The van der Waals surface area contributed by atoms with E-state index in [4.69, 9.17) is 0 Å². The number of hydrogen-bond donors (Lipinski definition) is 0. The smallest absolute Gasteiger partial charge is 0.368 e. The van der Waals surface area contributed by atoms with E-state index >= 15 is 0 Å². The first-order chi connectivity index (χ1) is 14.7. The minimum absolute atomic E-state index is 0.117. The summed E-state index contributed by atoms with van der Waals surface area (Å²) in [6.45, 7) is 3.57. The van der Waals surface area contributed by atoms with E-state index in [1.165, 1.54) is 0 Å². The monoisotopic (exact) mass is 447 g/mol. The van der Waals surface area contributed by atoms with E-state index in [0.717, 1.165) is 78.4 Å². The van der Waals surface area contributed by atoms with Crippen molar-refractivity contribution in [2.24, 2.45) is 0 Å². The van der Waals surface area contributed by atoms with Gasteiger partial charge in [-0.1, -0.05) is 18.2 Å². The van der Waals surface area contributed by atoms with Gasteiger partial charge in [-0.05, 0) is 60.8 Å². The van der Waals surface area contributed by atoms with Crippen molar-refractivity contribution in [2.45, 2.75) is 6.18 Å². The molecule has 0 saturated carbocycles. The Morgan fingerprint density at radius 3 is 2.23 bits per heavy atom. The molecule has 0 spiro atoms. The molecule has 2 aromatic carbocycles. The highest BCUT2D eigenvalue weighted by molar-refractivity contribution is 8.19. The van der Waals surface area contributed by atoms with Gasteiger partial charge in [0.15, 0.2) is 0 Å². The molecule has 2 aliphatic rings. The first-order valence-electron chi connectivity index (χ1n) is 9.72. The van der Waals surface area contributed by atoms with Crippen molar-refractivity contribution in [3.8, 4) is 0 Å². The summed E-state index contributed by atoms with van der Waals surface area (Å²) in [6.07, 6.45) is -2.80. The van der Waals surface area contributed by atoms with Crippen LogP contribution in [-0.2, 0) is 11.0 Å². The van der Waals surface area contributed by atoms with Crippen LogP contribution >= 0.6 is 11.8 Å². The summed E-state index contributed by atoms with van der Waals surface area (Å²) in [7, 11) is 2.07. The molecule has 2 aromatic rings. The number of piperazine rings is 1. The van der Waals surface area contributed by atoms with Gasteiger partial charge >= 0.3 is 6.18 Å². The van der Waals surface area contributed by atoms with Crippen LogP contribution in [0.1, 0.15) is 11.1 Å². The second kappa shape index (κ2) is 8.39. The maximum absolute atomic E-state index is 12.9. The lowest BCUT2D eigenvalue weighted by molar-refractivity contribution is -0.137. The van der Waals surface area contributed by atoms with Crippen LogP contribution in [0.5, 0.6) is 0 Å². The maximum Gasteiger partial charge on any atom is 0.416 e. The zero-order valence-corrected chi connectivity index (χ0v) is 17.5. The van der Waals surface area contributed by atoms with Gasteiger partial charge in [0.05, 0.1) is 16.2 Å². The molecule has 2 saturated heterocycles. The molecule has 0 radical (unpaired) electrons. The Morgan fingerprint density at radius 2 is 1.58 bits per heavy atom. The molecular weight excluding hydrogens is 427 g/mol. The van der Waals surface area contributed by atoms with Crippen LogP contribution in [0.4, 0.5) is 29.3 Å². The molecule has 0 aliphatic carbocycles. The predicted octanol–water partition coefficient (Wildman–Crippen LogP) is 4.70. The van der Waals surface area contributed by atoms with Crippen LogP contribution < -0.4 is 9.80 Å². The molecule has 2 amide bonds. The molecule has 5 nitrogen and oxygen atoms in total. The number of carbonyl (C=O) groups excluding carboxylic acids is 2. The largest absolute Gasteiger partial charge is 0.416 e. The number of thioether (sulfide) groups is 1. The minimum Gasteiger partial charge on any atom is -0.368 e. The highest BCUT2D eigenvalue weighted by Crippen LogP contribution is 2.38. The molecule has 0 atom stereocenters. The summed E-state index contributed by atoms with van der Waals surface area (Å²) in [5, 5.41) is -0.534. The van der Waals surface area contributed by atoms with Crippen LogP contribution in [0.3, 0.4) is 0 Å². The number of amides is 2. The normalized spacial score (nSPS) is 19.5. The van der Waals surface area contributed by atoms with Gasteiger partial charge in [-0.25, -0.2) is 4.90 Å². The Balaban J connectivity index is 1.60. The molecule has 0 bridgehead atoms. The number of halogens is 3. The van der Waals surface area contributed by atoms with E-state index in [-0.39, 0.29) is 10.6 Å². The van der Waals surface area contributed by atoms with Crippen LogP contribution in [-0.4, -0.2) is 49.3 Å². The molecule has 2 aliphatic heterocycles. The van der Waals surface area contributed by atoms with Crippen LogP contribution in [0.2, 0.25) is 0 Å². The van der Waals surface area contributed by atoms with Crippen molar-refractivity contribution in [1.82, 2.24) is 4.90 Å². The number of benzene rings is 2. The summed E-state index contributed by atoms with van der Waals surface area (Å²) in [5.41, 5.74) is 1.09. The van der Waals surface area contributed by atoms with E-state index in [1.54, 1.807) is 6.08 Å². The summed E-state index contributed by atoms with van der Waals surface area (Å²) < 4.78 is 38.4. The average Bonchev–Trinajstić information content (AvgIpc) is 3.01. The van der Waals surface area contributed by atoms with Crippen LogP contribution in [0.15, 0.2) is 53.4 Å². The number of anilines is 2. The fourth-order valence-corrected chi connectivity index (χ4v) is 4.41. The Labute approximate surface area is 182 Å². The fourth-order valence-electron chi connectivity index (χ4n) is 3.58. The van der Waals surface area contributed by atoms with E-state index in [9.17, 15) is 22.8 Å². The van der Waals surface area contributed by atoms with Gasteiger partial charge in [0.25, 0.3) is 11.1 Å². The topological polar surface area (TPSA) is 43.9 Å². The molecule has 0 N–H and O–H groups in total. The highest BCUT2D eigenvalue weighted by atomic mass is 32.2. The van der Waals surface area contributed by atoms with Crippen LogP contribution in [0.25, 0.3) is 6.08 Å². The first-order valence-corrected chi connectivity index (χ1v) is 10.5. The van der Waals surface area contributed by atoms with Crippen molar-refractivity contribution in [1.29, 1.82) is 0 Å². The molecule has 0 aromatic heterocycles. The Morgan fingerprint density at radius 1 is 0.935 bits per heavy atom. The molecular formula is C22H20F3N3O2S. The molecule has 31 heavy (non-hydrogen) atoms. The SMILES string of the molecule is CN1CCN(c2ccccc2C=C2SC(=O)N(c3ccc(C(F)(F)F)cc3)C2=O)CC1. The molecule has 2 fully saturated rings. The predicted molar refractivity (Wildman–Crippen MR) is 116 cm³/mol. The van der Waals surface area contributed by atoms with Gasteiger partial charge in [-0.2, -0.15) is 13.2 Å². The average molecular weight is 447 g/mol. The second-order valence-corrected chi connectivity index (χ2v) is 8.40. The third-order valence-electron chi connectivity index (χ3n) is 5.31. The van der Waals surface area contributed by atoms with Gasteiger partial charge in [0, 0.05) is 31.9 Å². The van der Waals surface area contributed by atoms with E-state index in [2.05, 4.69) is 16.8 Å². The molecule has 162 valence electrons. The number of carbonyl (C=O) groups is 2. The maximum atomic E-state index is 12.9. The Kier molecular flexibility index (Phi) is 5.81. The van der Waals surface area contributed by atoms with Gasteiger partial charge < -0.3 is 9.80 Å². The third kappa shape index (κ3) is 4.47. The summed E-state index contributed by atoms with van der Waals surface area (Å²) in [5.74, 6) is -0.539. The molecule has 4 rings (SSSR count). The summed E-state index contributed by atoms with van der Waals surface area (Å²) in [6, 6.07) is 11.7. The lowest BCUT2D eigenvalue weighted by atomic mass is 10.1. The highest BCUT2D eigenvalue weighted by Gasteiger charge is 2.37. The van der Waals surface area contributed by atoms with Crippen LogP contribution in [0, 0.1) is 0 Å². The number of nitrogens with zero attached hydrogens (tertiary/aromatic N) is 3. The van der Waals surface area contributed by atoms with Crippen molar-refractivity contribution < 1.29 is 22.8 Å². The third-order valence-corrected chi connectivity index (χ3v) is 6.18. The zero-order valence-electron chi connectivity index (χ0n) is 16.7. The fraction of sp³-hybridized carbons (Fsp3) is 0.273. The lowest BCUT2D eigenvalue weighted by Crippen LogP contribution is -2.44. The second-order valence-electron chi connectivity index (χ2n) is 7.41. The van der Waals surface area contributed by atoms with Crippen molar-refractivity contribution in [2.75, 3.05) is 43.0 Å². The van der Waals surface area contributed by atoms with E-state index < -0.39 is 22.9 Å². The number of likely N-dealkylation sites (N-methyl/N-ethyl adjacent to an activating group) is 1. The molecule has 2 heterocycles. The first kappa shape index (κ1) is 21.5.